The van der Waals surface area contributed by atoms with Crippen LogP contribution in [-0.4, -0.2) is 35.1 Å². The molecule has 5 rings (SSSR count). The molecule has 4 unspecified atom stereocenters. The van der Waals surface area contributed by atoms with Crippen LogP contribution in [0.2, 0.25) is 0 Å². The second-order valence-corrected chi connectivity index (χ2v) is 7.58. The van der Waals surface area contributed by atoms with Crippen molar-refractivity contribution >= 4 is 23.7 Å². The topological polar surface area (TPSA) is 115 Å². The van der Waals surface area contributed by atoms with E-state index in [0.29, 0.717) is 22.8 Å². The van der Waals surface area contributed by atoms with Gasteiger partial charge in [0.1, 0.15) is 17.3 Å². The molecular weight excluding hydrogens is 390 g/mol. The lowest BCUT2D eigenvalue weighted by Gasteiger charge is -2.13. The van der Waals surface area contributed by atoms with Crippen LogP contribution in [-0.2, 0) is 9.59 Å². The summed E-state index contributed by atoms with van der Waals surface area (Å²) < 4.78 is 11.0. The standard InChI is InChI=1S/C21H17N3O6/c1-29-16-6-4-13(24(27)28)9-15(16)17-7-5-14(30-17)10-22-23-20(25)18-11-2-3-12(8-11)19(18)21(23)26/h2-7,9-12,18-19H,8H2,1H3. The van der Waals surface area contributed by atoms with E-state index in [1.54, 1.807) is 12.1 Å². The lowest BCUT2D eigenvalue weighted by Crippen LogP contribution is -2.28. The van der Waals surface area contributed by atoms with Crippen molar-refractivity contribution in [2.75, 3.05) is 7.11 Å². The molecule has 30 heavy (non-hydrogen) atoms. The number of imide groups is 1. The molecule has 2 bridgehead atoms. The van der Waals surface area contributed by atoms with Crippen LogP contribution in [0.1, 0.15) is 12.2 Å². The normalized spacial score (nSPS) is 26.8. The molecule has 1 aliphatic heterocycles. The summed E-state index contributed by atoms with van der Waals surface area (Å²) in [6, 6.07) is 7.42. The molecular formula is C21H17N3O6. The quantitative estimate of drug-likeness (QED) is 0.247. The maximum Gasteiger partial charge on any atom is 0.270 e. The van der Waals surface area contributed by atoms with Gasteiger partial charge in [0.15, 0.2) is 0 Å². The van der Waals surface area contributed by atoms with Crippen molar-refractivity contribution in [3.05, 3.63) is 58.4 Å². The summed E-state index contributed by atoms with van der Waals surface area (Å²) in [7, 11) is 1.46. The fourth-order valence-electron chi connectivity index (χ4n) is 4.68. The molecule has 0 radical (unpaired) electrons. The highest BCUT2D eigenvalue weighted by Gasteiger charge is 2.59. The smallest absolute Gasteiger partial charge is 0.270 e. The van der Waals surface area contributed by atoms with E-state index in [1.807, 2.05) is 12.2 Å². The van der Waals surface area contributed by atoms with Crippen LogP contribution in [0.3, 0.4) is 0 Å². The Hall–Kier alpha value is -3.75. The minimum atomic E-state index is -0.502. The summed E-state index contributed by atoms with van der Waals surface area (Å²) in [4.78, 5) is 35.9. The number of carbonyl (C=O) groups excluding carboxylic acids is 2. The lowest BCUT2D eigenvalue weighted by atomic mass is 9.85. The van der Waals surface area contributed by atoms with Gasteiger partial charge in [0, 0.05) is 12.1 Å². The Morgan fingerprint density at radius 2 is 1.87 bits per heavy atom. The molecule has 1 saturated carbocycles. The molecule has 9 nitrogen and oxygen atoms in total. The first-order chi connectivity index (χ1) is 14.5. The largest absolute Gasteiger partial charge is 0.496 e. The van der Waals surface area contributed by atoms with Crippen LogP contribution in [0.5, 0.6) is 5.75 Å². The van der Waals surface area contributed by atoms with Crippen molar-refractivity contribution in [1.29, 1.82) is 0 Å². The summed E-state index contributed by atoms with van der Waals surface area (Å²) in [5.41, 5.74) is 0.317. The van der Waals surface area contributed by atoms with Gasteiger partial charge in [-0.1, -0.05) is 12.2 Å². The highest BCUT2D eigenvalue weighted by atomic mass is 16.6. The van der Waals surface area contributed by atoms with Gasteiger partial charge in [-0.2, -0.15) is 10.1 Å². The Labute approximate surface area is 170 Å². The number of nitrogens with zero attached hydrogens (tertiary/aromatic N) is 3. The van der Waals surface area contributed by atoms with Gasteiger partial charge in [0.05, 0.1) is 35.6 Å². The van der Waals surface area contributed by atoms with Crippen LogP contribution in [0.4, 0.5) is 5.69 Å². The zero-order valence-corrected chi connectivity index (χ0v) is 15.9. The zero-order chi connectivity index (χ0) is 21.0. The first kappa shape index (κ1) is 18.3. The van der Waals surface area contributed by atoms with Crippen molar-refractivity contribution in [3.63, 3.8) is 0 Å². The Morgan fingerprint density at radius 3 is 2.50 bits per heavy atom. The third-order valence-corrected chi connectivity index (χ3v) is 6.03. The number of carbonyl (C=O) groups is 2. The number of amides is 2. The molecule has 2 amide bonds. The molecule has 0 spiro atoms. The van der Waals surface area contributed by atoms with Crippen LogP contribution < -0.4 is 4.74 Å². The number of rotatable bonds is 5. The van der Waals surface area contributed by atoms with E-state index in [1.165, 1.54) is 31.5 Å². The SMILES string of the molecule is COc1ccc([N+](=O)[O-])cc1-c1ccc(C=NN2C(=O)C3C4C=CC(C4)C3C2=O)o1. The molecule has 2 fully saturated rings. The number of ether oxygens (including phenoxy) is 1. The van der Waals surface area contributed by atoms with E-state index in [2.05, 4.69) is 5.10 Å². The summed E-state index contributed by atoms with van der Waals surface area (Å²) in [6.07, 6.45) is 6.21. The van der Waals surface area contributed by atoms with Crippen molar-refractivity contribution in [3.8, 4) is 17.1 Å². The number of hydrazone groups is 1. The average molecular weight is 407 g/mol. The van der Waals surface area contributed by atoms with Crippen molar-refractivity contribution in [2.45, 2.75) is 6.42 Å². The second-order valence-electron chi connectivity index (χ2n) is 7.58. The van der Waals surface area contributed by atoms with Crippen LogP contribution in [0.25, 0.3) is 11.3 Å². The van der Waals surface area contributed by atoms with Crippen LogP contribution >= 0.6 is 0 Å². The van der Waals surface area contributed by atoms with E-state index < -0.39 is 4.92 Å². The number of benzene rings is 1. The molecule has 9 heteroatoms. The summed E-state index contributed by atoms with van der Waals surface area (Å²) in [5.74, 6) is 0.125. The third-order valence-electron chi connectivity index (χ3n) is 6.03. The Bertz CT molecular complexity index is 1100. The number of fused-ring (bicyclic) bond motifs is 5. The lowest BCUT2D eigenvalue weighted by molar-refractivity contribution is -0.384. The molecule has 1 aromatic carbocycles. The predicted octanol–water partition coefficient (Wildman–Crippen LogP) is 3.00. The van der Waals surface area contributed by atoms with Crippen molar-refractivity contribution < 1.29 is 23.7 Å². The maximum atomic E-state index is 12.7. The first-order valence-corrected chi connectivity index (χ1v) is 9.50. The van der Waals surface area contributed by atoms with E-state index >= 15 is 0 Å². The molecule has 0 N–H and O–H groups in total. The van der Waals surface area contributed by atoms with Crippen LogP contribution in [0.15, 0.2) is 52.0 Å². The molecule has 2 aromatic rings. The molecule has 152 valence electrons. The van der Waals surface area contributed by atoms with Gasteiger partial charge >= 0.3 is 0 Å². The Morgan fingerprint density at radius 1 is 1.17 bits per heavy atom. The number of nitro groups is 1. The van der Waals surface area contributed by atoms with Crippen molar-refractivity contribution in [2.24, 2.45) is 28.8 Å². The number of allylic oxidation sites excluding steroid dienone is 2. The fourth-order valence-corrected chi connectivity index (χ4v) is 4.68. The highest BCUT2D eigenvalue weighted by Crippen LogP contribution is 2.52. The van der Waals surface area contributed by atoms with E-state index in [-0.39, 0.29) is 41.2 Å². The number of furan rings is 1. The Balaban J connectivity index is 1.39. The van der Waals surface area contributed by atoms with Gasteiger partial charge in [-0.05, 0) is 36.5 Å². The first-order valence-electron chi connectivity index (χ1n) is 9.50. The summed E-state index contributed by atoms with van der Waals surface area (Å²) in [5, 5.41) is 16.1. The number of nitro benzene ring substituents is 1. The van der Waals surface area contributed by atoms with Gasteiger partial charge in [0.2, 0.25) is 0 Å². The molecule has 1 saturated heterocycles. The van der Waals surface area contributed by atoms with Gasteiger partial charge in [0.25, 0.3) is 17.5 Å². The number of hydrogen-bond donors (Lipinski definition) is 0. The predicted molar refractivity (Wildman–Crippen MR) is 105 cm³/mol. The summed E-state index contributed by atoms with van der Waals surface area (Å²) >= 11 is 0. The molecule has 4 atom stereocenters. The van der Waals surface area contributed by atoms with E-state index in [4.69, 9.17) is 9.15 Å². The molecule has 2 aliphatic carbocycles. The number of non-ortho nitro benzene ring substituents is 1. The third kappa shape index (κ3) is 2.66. The molecule has 3 aliphatic rings. The number of hydrogen-bond acceptors (Lipinski definition) is 7. The van der Waals surface area contributed by atoms with E-state index in [9.17, 15) is 19.7 Å². The summed E-state index contributed by atoms with van der Waals surface area (Å²) in [6.45, 7) is 0. The van der Waals surface area contributed by atoms with Gasteiger partial charge in [-0.25, -0.2) is 0 Å². The monoisotopic (exact) mass is 407 g/mol. The molecule has 2 heterocycles. The highest BCUT2D eigenvalue weighted by molar-refractivity contribution is 6.06. The Kier molecular flexibility index (Phi) is 4.05. The van der Waals surface area contributed by atoms with Gasteiger partial charge in [-0.15, -0.1) is 0 Å². The van der Waals surface area contributed by atoms with Crippen molar-refractivity contribution in [1.82, 2.24) is 5.01 Å². The van der Waals surface area contributed by atoms with Gasteiger partial charge < -0.3 is 9.15 Å². The zero-order valence-electron chi connectivity index (χ0n) is 15.9. The minimum Gasteiger partial charge on any atom is -0.496 e. The van der Waals surface area contributed by atoms with Gasteiger partial charge in [-0.3, -0.25) is 19.7 Å². The van der Waals surface area contributed by atoms with Crippen LogP contribution in [0, 0.1) is 33.8 Å². The van der Waals surface area contributed by atoms with E-state index in [0.717, 1.165) is 11.4 Å². The maximum absolute atomic E-state index is 12.7. The second kappa shape index (κ2) is 6.65. The number of methoxy groups -OCH3 is 1. The fraction of sp³-hybridized carbons (Fsp3) is 0.286. The average Bonchev–Trinajstić information content (AvgIpc) is 3.51. The molecule has 1 aromatic heterocycles. The minimum absolute atomic E-state index is 0.0968.